The molecule has 0 fully saturated rings. The fourth-order valence-corrected chi connectivity index (χ4v) is 3.11. The standard InChI is InChI=1S/C22H17Cl2NO3/c23-17-12-7-13-18(21(17)24)25-19(26)14-28-22(27)20(15-8-3-1-4-9-15)16-10-5-2-6-11-16/h1-13,20H,14H2,(H,25,26). The molecular weight excluding hydrogens is 397 g/mol. The molecule has 0 aliphatic carbocycles. The second-order valence-corrected chi connectivity index (χ2v) is 6.80. The molecule has 0 aliphatic heterocycles. The maximum atomic E-state index is 12.8. The van der Waals surface area contributed by atoms with E-state index < -0.39 is 24.4 Å². The highest BCUT2D eigenvalue weighted by Gasteiger charge is 2.24. The van der Waals surface area contributed by atoms with Crippen LogP contribution in [0.1, 0.15) is 17.0 Å². The molecule has 3 aromatic carbocycles. The number of benzene rings is 3. The van der Waals surface area contributed by atoms with Crippen LogP contribution >= 0.6 is 23.2 Å². The monoisotopic (exact) mass is 413 g/mol. The van der Waals surface area contributed by atoms with Crippen LogP contribution in [0.15, 0.2) is 78.9 Å². The van der Waals surface area contributed by atoms with Gasteiger partial charge in [-0.25, -0.2) is 0 Å². The topological polar surface area (TPSA) is 55.4 Å². The third kappa shape index (κ3) is 4.91. The molecule has 0 spiro atoms. The Hall–Kier alpha value is -2.82. The molecule has 3 aromatic rings. The molecule has 4 nitrogen and oxygen atoms in total. The zero-order chi connectivity index (χ0) is 19.9. The highest BCUT2D eigenvalue weighted by Crippen LogP contribution is 2.29. The van der Waals surface area contributed by atoms with E-state index in [0.717, 1.165) is 11.1 Å². The Balaban J connectivity index is 1.70. The fourth-order valence-electron chi connectivity index (χ4n) is 2.76. The summed E-state index contributed by atoms with van der Waals surface area (Å²) in [4.78, 5) is 25.0. The molecule has 28 heavy (non-hydrogen) atoms. The number of carbonyl (C=O) groups excluding carboxylic acids is 2. The molecule has 0 saturated heterocycles. The zero-order valence-electron chi connectivity index (χ0n) is 14.8. The molecule has 3 rings (SSSR count). The predicted molar refractivity (Wildman–Crippen MR) is 111 cm³/mol. The van der Waals surface area contributed by atoms with Gasteiger partial charge in [0.05, 0.1) is 15.7 Å². The van der Waals surface area contributed by atoms with Crippen molar-refractivity contribution in [2.45, 2.75) is 5.92 Å². The minimum absolute atomic E-state index is 0.232. The van der Waals surface area contributed by atoms with Crippen molar-refractivity contribution in [3.63, 3.8) is 0 Å². The summed E-state index contributed by atoms with van der Waals surface area (Å²) in [6.07, 6.45) is 0. The van der Waals surface area contributed by atoms with Crippen LogP contribution in [0.3, 0.4) is 0 Å². The Morgan fingerprint density at radius 3 is 1.96 bits per heavy atom. The Labute approximate surface area is 173 Å². The molecule has 0 radical (unpaired) electrons. The van der Waals surface area contributed by atoms with Crippen LogP contribution in [0.2, 0.25) is 10.0 Å². The molecule has 6 heteroatoms. The second kappa shape index (κ2) is 9.40. The summed E-state index contributed by atoms with van der Waals surface area (Å²) in [5.74, 6) is -1.63. The average Bonchev–Trinajstić information content (AvgIpc) is 2.72. The normalized spacial score (nSPS) is 10.5. The number of amides is 1. The van der Waals surface area contributed by atoms with Gasteiger partial charge in [-0.05, 0) is 23.3 Å². The summed E-state index contributed by atoms with van der Waals surface area (Å²) >= 11 is 12.0. The zero-order valence-corrected chi connectivity index (χ0v) is 16.3. The lowest BCUT2D eigenvalue weighted by Gasteiger charge is -2.17. The number of hydrogen-bond donors (Lipinski definition) is 1. The number of nitrogens with one attached hydrogen (secondary N) is 1. The Morgan fingerprint density at radius 2 is 1.39 bits per heavy atom. The van der Waals surface area contributed by atoms with E-state index in [1.165, 1.54) is 0 Å². The van der Waals surface area contributed by atoms with Crippen LogP contribution in [-0.4, -0.2) is 18.5 Å². The molecule has 0 aliphatic rings. The van der Waals surface area contributed by atoms with Crippen molar-refractivity contribution in [3.05, 3.63) is 100 Å². The molecule has 0 saturated carbocycles. The van der Waals surface area contributed by atoms with Crippen LogP contribution in [0.5, 0.6) is 0 Å². The molecule has 0 heterocycles. The summed E-state index contributed by atoms with van der Waals surface area (Å²) in [5.41, 5.74) is 1.94. The van der Waals surface area contributed by atoms with Gasteiger partial charge in [0.2, 0.25) is 0 Å². The number of esters is 1. The van der Waals surface area contributed by atoms with E-state index in [9.17, 15) is 9.59 Å². The minimum atomic E-state index is -0.620. The number of rotatable bonds is 6. The average molecular weight is 414 g/mol. The number of hydrogen-bond acceptors (Lipinski definition) is 3. The van der Waals surface area contributed by atoms with E-state index in [-0.39, 0.29) is 5.02 Å². The number of carbonyl (C=O) groups is 2. The Kier molecular flexibility index (Phi) is 6.69. The summed E-state index contributed by atoms with van der Waals surface area (Å²) in [7, 11) is 0. The van der Waals surface area contributed by atoms with Crippen LogP contribution in [0.25, 0.3) is 0 Å². The molecule has 1 N–H and O–H groups in total. The van der Waals surface area contributed by atoms with Gasteiger partial charge < -0.3 is 10.1 Å². The second-order valence-electron chi connectivity index (χ2n) is 6.01. The molecule has 0 atom stereocenters. The van der Waals surface area contributed by atoms with Gasteiger partial charge in [-0.1, -0.05) is 89.9 Å². The van der Waals surface area contributed by atoms with Gasteiger partial charge >= 0.3 is 5.97 Å². The summed E-state index contributed by atoms with van der Waals surface area (Å²) < 4.78 is 5.29. The van der Waals surface area contributed by atoms with Gasteiger partial charge in [-0.3, -0.25) is 9.59 Å². The van der Waals surface area contributed by atoms with E-state index >= 15 is 0 Å². The van der Waals surface area contributed by atoms with Gasteiger partial charge in [-0.15, -0.1) is 0 Å². The lowest BCUT2D eigenvalue weighted by atomic mass is 9.91. The van der Waals surface area contributed by atoms with Crippen LogP contribution in [0.4, 0.5) is 5.69 Å². The van der Waals surface area contributed by atoms with Crippen LogP contribution in [-0.2, 0) is 14.3 Å². The van der Waals surface area contributed by atoms with Gasteiger partial charge in [0.1, 0.15) is 5.92 Å². The highest BCUT2D eigenvalue weighted by atomic mass is 35.5. The Morgan fingerprint density at radius 1 is 0.821 bits per heavy atom. The first-order valence-corrected chi connectivity index (χ1v) is 9.32. The van der Waals surface area contributed by atoms with Gasteiger partial charge in [0.25, 0.3) is 5.91 Å². The van der Waals surface area contributed by atoms with Crippen LogP contribution < -0.4 is 5.32 Å². The lowest BCUT2D eigenvalue weighted by Crippen LogP contribution is -2.24. The molecular formula is C22H17Cl2NO3. The van der Waals surface area contributed by atoms with E-state index in [2.05, 4.69) is 5.32 Å². The van der Waals surface area contributed by atoms with Gasteiger partial charge in [-0.2, -0.15) is 0 Å². The van der Waals surface area contributed by atoms with Crippen molar-refractivity contribution >= 4 is 40.8 Å². The maximum Gasteiger partial charge on any atom is 0.318 e. The van der Waals surface area contributed by atoms with Crippen molar-refractivity contribution in [1.29, 1.82) is 0 Å². The fraction of sp³-hybridized carbons (Fsp3) is 0.0909. The third-order valence-electron chi connectivity index (χ3n) is 4.07. The van der Waals surface area contributed by atoms with Crippen LogP contribution in [0, 0.1) is 0 Å². The number of anilines is 1. The SMILES string of the molecule is O=C(COC(=O)C(c1ccccc1)c1ccccc1)Nc1cccc(Cl)c1Cl. The van der Waals surface area contributed by atoms with Crippen molar-refractivity contribution < 1.29 is 14.3 Å². The predicted octanol–water partition coefficient (Wildman–Crippen LogP) is 5.31. The van der Waals surface area contributed by atoms with E-state index in [1.54, 1.807) is 18.2 Å². The first-order chi connectivity index (χ1) is 13.6. The molecule has 0 bridgehead atoms. The minimum Gasteiger partial charge on any atom is -0.455 e. The van der Waals surface area contributed by atoms with Gasteiger partial charge in [0, 0.05) is 0 Å². The van der Waals surface area contributed by atoms with Crippen molar-refractivity contribution in [2.24, 2.45) is 0 Å². The first kappa shape index (κ1) is 19.9. The smallest absolute Gasteiger partial charge is 0.318 e. The van der Waals surface area contributed by atoms with Gasteiger partial charge in [0.15, 0.2) is 6.61 Å². The summed E-state index contributed by atoms with van der Waals surface area (Å²) in [6, 6.07) is 23.5. The van der Waals surface area contributed by atoms with E-state index in [4.69, 9.17) is 27.9 Å². The van der Waals surface area contributed by atoms with E-state index in [1.807, 2.05) is 60.7 Å². The third-order valence-corrected chi connectivity index (χ3v) is 4.89. The molecule has 1 amide bonds. The summed E-state index contributed by atoms with van der Waals surface area (Å²) in [5, 5.41) is 3.15. The van der Waals surface area contributed by atoms with Crippen molar-refractivity contribution in [2.75, 3.05) is 11.9 Å². The van der Waals surface area contributed by atoms with Crippen molar-refractivity contribution in [1.82, 2.24) is 0 Å². The van der Waals surface area contributed by atoms with Crippen molar-refractivity contribution in [3.8, 4) is 0 Å². The summed E-state index contributed by atoms with van der Waals surface area (Å²) in [6.45, 7) is -0.433. The first-order valence-electron chi connectivity index (χ1n) is 8.56. The maximum absolute atomic E-state index is 12.8. The lowest BCUT2D eigenvalue weighted by molar-refractivity contribution is -0.147. The number of ether oxygens (including phenoxy) is 1. The molecule has 142 valence electrons. The molecule has 0 unspecified atom stereocenters. The largest absolute Gasteiger partial charge is 0.455 e. The quantitative estimate of drug-likeness (QED) is 0.557. The highest BCUT2D eigenvalue weighted by molar-refractivity contribution is 6.44. The molecule has 0 aromatic heterocycles. The van der Waals surface area contributed by atoms with E-state index in [0.29, 0.717) is 10.7 Å². The number of halogens is 2. The Bertz CT molecular complexity index is 923.